The van der Waals surface area contributed by atoms with E-state index in [4.69, 9.17) is 10.5 Å². The molecule has 1 aromatic heterocycles. The molecule has 1 aliphatic rings. The SMILES string of the molecule is NCCc1cn(C2c3ccccc3Oc3ccccc32)c2ccccc12. The molecule has 0 aliphatic carbocycles. The summed E-state index contributed by atoms with van der Waals surface area (Å²) < 4.78 is 8.54. The molecule has 0 fully saturated rings. The molecular formula is C23H20N2O. The standard InChI is InChI=1S/C23H20N2O/c24-14-13-16-15-25(20-10-4-1-7-17(16)20)23-18-8-2-5-11-21(18)26-22-12-6-3-9-19(22)23/h1-12,15,23H,13-14,24H2. The molecule has 128 valence electrons. The zero-order valence-electron chi connectivity index (χ0n) is 14.4. The fourth-order valence-electron chi connectivity index (χ4n) is 4.03. The van der Waals surface area contributed by atoms with Gasteiger partial charge in [-0.05, 0) is 36.7 Å². The van der Waals surface area contributed by atoms with Crippen molar-refractivity contribution >= 4 is 10.9 Å². The predicted molar refractivity (Wildman–Crippen MR) is 105 cm³/mol. The van der Waals surface area contributed by atoms with Crippen LogP contribution >= 0.6 is 0 Å². The summed E-state index contributed by atoms with van der Waals surface area (Å²) in [4.78, 5) is 0. The Labute approximate surface area is 152 Å². The van der Waals surface area contributed by atoms with Gasteiger partial charge in [-0.15, -0.1) is 0 Å². The zero-order valence-corrected chi connectivity index (χ0v) is 14.4. The van der Waals surface area contributed by atoms with Crippen LogP contribution in [0, 0.1) is 0 Å². The van der Waals surface area contributed by atoms with E-state index in [1.54, 1.807) is 0 Å². The number of benzene rings is 3. The maximum absolute atomic E-state index is 6.16. The van der Waals surface area contributed by atoms with Gasteiger partial charge in [0.05, 0.1) is 6.04 Å². The van der Waals surface area contributed by atoms with E-state index in [-0.39, 0.29) is 6.04 Å². The summed E-state index contributed by atoms with van der Waals surface area (Å²) in [6.45, 7) is 0.648. The van der Waals surface area contributed by atoms with Crippen molar-refractivity contribution in [3.8, 4) is 11.5 Å². The molecule has 2 heterocycles. The first-order chi connectivity index (χ1) is 12.9. The summed E-state index contributed by atoms with van der Waals surface area (Å²) in [5, 5.41) is 1.28. The van der Waals surface area contributed by atoms with Crippen molar-refractivity contribution in [3.63, 3.8) is 0 Å². The van der Waals surface area contributed by atoms with Crippen LogP contribution < -0.4 is 10.5 Å². The molecule has 3 aromatic carbocycles. The minimum atomic E-state index is 0.0903. The topological polar surface area (TPSA) is 40.2 Å². The summed E-state index contributed by atoms with van der Waals surface area (Å²) in [6.07, 6.45) is 3.14. The Hall–Kier alpha value is -3.04. The van der Waals surface area contributed by atoms with Crippen molar-refractivity contribution < 1.29 is 4.74 Å². The Kier molecular flexibility index (Phi) is 3.54. The summed E-state index contributed by atoms with van der Waals surface area (Å²) in [7, 11) is 0. The number of hydrogen-bond acceptors (Lipinski definition) is 2. The Morgan fingerprint density at radius 2 is 1.42 bits per heavy atom. The molecule has 0 radical (unpaired) electrons. The van der Waals surface area contributed by atoms with Crippen LogP contribution in [0.15, 0.2) is 79.0 Å². The van der Waals surface area contributed by atoms with Crippen LogP contribution in [0.1, 0.15) is 22.7 Å². The van der Waals surface area contributed by atoms with Gasteiger partial charge in [-0.1, -0.05) is 54.6 Å². The smallest absolute Gasteiger partial charge is 0.133 e. The third kappa shape index (κ3) is 2.25. The third-order valence-corrected chi connectivity index (χ3v) is 5.16. The second-order valence-electron chi connectivity index (χ2n) is 6.70. The second-order valence-corrected chi connectivity index (χ2v) is 6.70. The highest BCUT2D eigenvalue weighted by molar-refractivity contribution is 5.84. The van der Waals surface area contributed by atoms with Crippen LogP contribution in [0.3, 0.4) is 0 Å². The van der Waals surface area contributed by atoms with Crippen molar-refractivity contribution in [3.05, 3.63) is 95.7 Å². The lowest BCUT2D eigenvalue weighted by Gasteiger charge is -2.30. The second kappa shape index (κ2) is 6.04. The van der Waals surface area contributed by atoms with Crippen LogP contribution in [0.5, 0.6) is 11.5 Å². The molecule has 5 rings (SSSR count). The zero-order chi connectivity index (χ0) is 17.5. The van der Waals surface area contributed by atoms with E-state index >= 15 is 0 Å². The number of ether oxygens (including phenoxy) is 1. The fraction of sp³-hybridized carbons (Fsp3) is 0.130. The van der Waals surface area contributed by atoms with Crippen molar-refractivity contribution in [1.29, 1.82) is 0 Å². The van der Waals surface area contributed by atoms with Crippen LogP contribution in [-0.4, -0.2) is 11.1 Å². The molecule has 2 N–H and O–H groups in total. The van der Waals surface area contributed by atoms with Gasteiger partial charge in [-0.3, -0.25) is 0 Å². The van der Waals surface area contributed by atoms with Crippen molar-refractivity contribution in [1.82, 2.24) is 4.57 Å². The Morgan fingerprint density at radius 1 is 0.808 bits per heavy atom. The first-order valence-electron chi connectivity index (χ1n) is 9.01. The minimum absolute atomic E-state index is 0.0903. The molecule has 0 spiro atoms. The lowest BCUT2D eigenvalue weighted by molar-refractivity contribution is 0.436. The van der Waals surface area contributed by atoms with Gasteiger partial charge in [0.25, 0.3) is 0 Å². The van der Waals surface area contributed by atoms with Crippen LogP contribution in [0.25, 0.3) is 10.9 Å². The largest absolute Gasteiger partial charge is 0.457 e. The lowest BCUT2D eigenvalue weighted by Crippen LogP contribution is -2.17. The van der Waals surface area contributed by atoms with Crippen LogP contribution in [0.2, 0.25) is 0 Å². The maximum atomic E-state index is 6.16. The van der Waals surface area contributed by atoms with E-state index in [1.165, 1.54) is 27.6 Å². The van der Waals surface area contributed by atoms with Crippen LogP contribution in [-0.2, 0) is 6.42 Å². The summed E-state index contributed by atoms with van der Waals surface area (Å²) >= 11 is 0. The molecule has 0 atom stereocenters. The van der Waals surface area contributed by atoms with Gasteiger partial charge in [0.15, 0.2) is 0 Å². The van der Waals surface area contributed by atoms with E-state index in [1.807, 2.05) is 24.3 Å². The van der Waals surface area contributed by atoms with Gasteiger partial charge >= 0.3 is 0 Å². The number of para-hydroxylation sites is 3. The summed E-state index contributed by atoms with van der Waals surface area (Å²) in [5.74, 6) is 1.85. The van der Waals surface area contributed by atoms with Crippen molar-refractivity contribution in [2.75, 3.05) is 6.54 Å². The normalized spacial score (nSPS) is 13.3. The van der Waals surface area contributed by atoms with Gasteiger partial charge in [0.2, 0.25) is 0 Å². The molecule has 0 amide bonds. The van der Waals surface area contributed by atoms with E-state index in [0.29, 0.717) is 6.54 Å². The predicted octanol–water partition coefficient (Wildman–Crippen LogP) is 4.89. The van der Waals surface area contributed by atoms with E-state index < -0.39 is 0 Å². The maximum Gasteiger partial charge on any atom is 0.133 e. The summed E-state index contributed by atoms with van der Waals surface area (Å²) in [5.41, 5.74) is 10.8. The van der Waals surface area contributed by atoms with Gasteiger partial charge in [-0.25, -0.2) is 0 Å². The minimum Gasteiger partial charge on any atom is -0.457 e. The van der Waals surface area contributed by atoms with Crippen molar-refractivity contribution in [2.45, 2.75) is 12.5 Å². The molecule has 1 aliphatic heterocycles. The number of hydrogen-bond donors (Lipinski definition) is 1. The van der Waals surface area contributed by atoms with Crippen LogP contribution in [0.4, 0.5) is 0 Å². The highest BCUT2D eigenvalue weighted by Gasteiger charge is 2.29. The van der Waals surface area contributed by atoms with E-state index in [9.17, 15) is 0 Å². The highest BCUT2D eigenvalue weighted by Crippen LogP contribution is 2.45. The fourth-order valence-corrected chi connectivity index (χ4v) is 4.03. The molecular weight excluding hydrogens is 320 g/mol. The lowest BCUT2D eigenvalue weighted by atomic mass is 9.94. The monoisotopic (exact) mass is 340 g/mol. The molecule has 4 aromatic rings. The molecule has 0 unspecified atom stereocenters. The van der Waals surface area contributed by atoms with Gasteiger partial charge in [-0.2, -0.15) is 0 Å². The Bertz CT molecular complexity index is 1050. The quantitative estimate of drug-likeness (QED) is 0.508. The number of nitrogens with zero attached hydrogens (tertiary/aromatic N) is 1. The average Bonchev–Trinajstić information content (AvgIpc) is 3.05. The number of fused-ring (bicyclic) bond motifs is 3. The molecule has 0 bridgehead atoms. The third-order valence-electron chi connectivity index (χ3n) is 5.16. The molecule has 3 nitrogen and oxygen atoms in total. The average molecular weight is 340 g/mol. The molecule has 0 saturated heterocycles. The molecule has 0 saturated carbocycles. The van der Waals surface area contributed by atoms with Gasteiger partial charge in [0, 0.05) is 28.2 Å². The number of rotatable bonds is 3. The molecule has 3 heteroatoms. The van der Waals surface area contributed by atoms with Crippen molar-refractivity contribution in [2.24, 2.45) is 5.73 Å². The van der Waals surface area contributed by atoms with Gasteiger partial charge < -0.3 is 15.0 Å². The van der Waals surface area contributed by atoms with E-state index in [0.717, 1.165) is 17.9 Å². The summed E-state index contributed by atoms with van der Waals surface area (Å²) in [6, 6.07) is 25.3. The Balaban J connectivity index is 1.80. The van der Waals surface area contributed by atoms with E-state index in [2.05, 4.69) is 59.3 Å². The number of nitrogens with two attached hydrogens (primary N) is 1. The van der Waals surface area contributed by atoms with Gasteiger partial charge in [0.1, 0.15) is 11.5 Å². The first kappa shape index (κ1) is 15.2. The molecule has 26 heavy (non-hydrogen) atoms. The number of aromatic nitrogens is 1. The highest BCUT2D eigenvalue weighted by atomic mass is 16.5. The first-order valence-corrected chi connectivity index (χ1v) is 9.01. The Morgan fingerprint density at radius 3 is 2.12 bits per heavy atom.